The van der Waals surface area contributed by atoms with Crippen LogP contribution in [0.4, 0.5) is 5.69 Å². The third kappa shape index (κ3) is 3.55. The van der Waals surface area contributed by atoms with Gasteiger partial charge >= 0.3 is 5.97 Å². The maximum Gasteiger partial charge on any atom is 0.356 e. The van der Waals surface area contributed by atoms with E-state index in [9.17, 15) is 13.2 Å². The summed E-state index contributed by atoms with van der Waals surface area (Å²) in [7, 11) is -2.67. The fraction of sp³-hybridized carbons (Fsp3) is 0.267. The summed E-state index contributed by atoms with van der Waals surface area (Å²) in [5, 5.41) is 0.213. The highest BCUT2D eigenvalue weighted by atomic mass is 35.5. The van der Waals surface area contributed by atoms with Gasteiger partial charge in [0.15, 0.2) is 0 Å². The third-order valence-corrected chi connectivity index (χ3v) is 5.12. The van der Waals surface area contributed by atoms with Crippen LogP contribution >= 0.6 is 11.6 Å². The number of nitrogen functional groups attached to an aromatic ring is 1. The van der Waals surface area contributed by atoms with Crippen LogP contribution in [0.3, 0.4) is 0 Å². The van der Waals surface area contributed by atoms with E-state index in [-0.39, 0.29) is 34.5 Å². The van der Waals surface area contributed by atoms with Crippen LogP contribution in [0.25, 0.3) is 0 Å². The molecule has 0 saturated carbocycles. The number of methoxy groups -OCH3 is 1. The van der Waals surface area contributed by atoms with Crippen molar-refractivity contribution in [3.05, 3.63) is 46.7 Å². The number of benzene rings is 1. The van der Waals surface area contributed by atoms with Crippen LogP contribution in [-0.2, 0) is 26.1 Å². The summed E-state index contributed by atoms with van der Waals surface area (Å²) in [6, 6.07) is 5.50. The number of halogens is 1. The smallest absolute Gasteiger partial charge is 0.356 e. The maximum absolute atomic E-state index is 12.9. The maximum atomic E-state index is 12.9. The third-order valence-electron chi connectivity index (χ3n) is 3.15. The van der Waals surface area contributed by atoms with E-state index in [1.807, 2.05) is 0 Å². The van der Waals surface area contributed by atoms with Gasteiger partial charge in [-0.1, -0.05) is 11.6 Å². The lowest BCUT2D eigenvalue weighted by Crippen LogP contribution is -2.20. The molecular weight excluding hydrogens is 356 g/mol. The topological polar surface area (TPSA) is 101 Å². The van der Waals surface area contributed by atoms with Crippen molar-refractivity contribution in [1.82, 2.24) is 3.97 Å². The molecule has 1 aromatic heterocycles. The van der Waals surface area contributed by atoms with Gasteiger partial charge < -0.3 is 15.2 Å². The largest absolute Gasteiger partial charge is 0.461 e. The van der Waals surface area contributed by atoms with Crippen LogP contribution in [0.15, 0.2) is 35.4 Å². The van der Waals surface area contributed by atoms with Crippen molar-refractivity contribution < 1.29 is 22.7 Å². The number of hydrogen-bond donors (Lipinski definition) is 1. The molecule has 0 atom stereocenters. The Hall–Kier alpha value is -2.03. The molecule has 9 heteroatoms. The summed E-state index contributed by atoms with van der Waals surface area (Å²) in [6.45, 7) is 1.88. The van der Waals surface area contributed by atoms with Crippen molar-refractivity contribution in [3.63, 3.8) is 0 Å². The Balaban J connectivity index is 2.64. The van der Waals surface area contributed by atoms with Gasteiger partial charge in [-0.25, -0.2) is 17.2 Å². The van der Waals surface area contributed by atoms with E-state index in [2.05, 4.69) is 0 Å². The van der Waals surface area contributed by atoms with E-state index in [4.69, 9.17) is 26.8 Å². The molecule has 7 nitrogen and oxygen atoms in total. The minimum Gasteiger partial charge on any atom is -0.461 e. The molecule has 0 spiro atoms. The number of esters is 1. The first-order valence-electron chi connectivity index (χ1n) is 6.99. The van der Waals surface area contributed by atoms with Gasteiger partial charge in [0.25, 0.3) is 10.0 Å². The predicted octanol–water partition coefficient (Wildman–Crippen LogP) is 2.28. The molecule has 0 aliphatic rings. The molecule has 1 aromatic carbocycles. The average Bonchev–Trinajstić information content (AvgIpc) is 2.95. The van der Waals surface area contributed by atoms with E-state index < -0.39 is 16.0 Å². The number of ether oxygens (including phenoxy) is 2. The molecule has 2 N–H and O–H groups in total. The summed E-state index contributed by atoms with van der Waals surface area (Å²) in [5.41, 5.74) is 6.16. The Labute approximate surface area is 145 Å². The standard InChI is InChI=1S/C15H17ClN2O5S/c1-3-23-15(19)13-6-10(9-22-2)8-18(13)24(20,21)14-7-11(16)4-5-12(14)17/h4-8H,3,9,17H2,1-2H3. The Morgan fingerprint density at radius 2 is 2.04 bits per heavy atom. The zero-order chi connectivity index (χ0) is 17.9. The molecule has 130 valence electrons. The fourth-order valence-electron chi connectivity index (χ4n) is 2.13. The minimum absolute atomic E-state index is 0.0243. The first-order chi connectivity index (χ1) is 11.3. The average molecular weight is 373 g/mol. The molecule has 2 rings (SSSR count). The van der Waals surface area contributed by atoms with Gasteiger partial charge in [0, 0.05) is 18.3 Å². The highest BCUT2D eigenvalue weighted by Crippen LogP contribution is 2.27. The summed E-state index contributed by atoms with van der Waals surface area (Å²) in [4.78, 5) is 11.9. The molecule has 0 radical (unpaired) electrons. The van der Waals surface area contributed by atoms with Gasteiger partial charge in [0.2, 0.25) is 0 Å². The van der Waals surface area contributed by atoms with Gasteiger partial charge in [-0.2, -0.15) is 0 Å². The van der Waals surface area contributed by atoms with Gasteiger partial charge in [0.1, 0.15) is 10.6 Å². The zero-order valence-electron chi connectivity index (χ0n) is 13.2. The van der Waals surface area contributed by atoms with Crippen molar-refractivity contribution in [3.8, 4) is 0 Å². The summed E-state index contributed by atoms with van der Waals surface area (Å²) < 4.78 is 36.6. The Bertz CT molecular complexity index is 861. The van der Waals surface area contributed by atoms with E-state index in [0.717, 1.165) is 3.97 Å². The Morgan fingerprint density at radius 3 is 2.67 bits per heavy atom. The number of carbonyl (C=O) groups is 1. The highest BCUT2D eigenvalue weighted by Gasteiger charge is 2.27. The predicted molar refractivity (Wildman–Crippen MR) is 89.5 cm³/mol. The quantitative estimate of drug-likeness (QED) is 0.616. The van der Waals surface area contributed by atoms with E-state index >= 15 is 0 Å². The first kappa shape index (κ1) is 18.3. The number of nitrogens with two attached hydrogens (primary N) is 1. The van der Waals surface area contributed by atoms with Gasteiger partial charge in [-0.3, -0.25) is 0 Å². The van der Waals surface area contributed by atoms with Crippen LogP contribution < -0.4 is 5.73 Å². The van der Waals surface area contributed by atoms with Gasteiger partial charge in [0.05, 0.1) is 18.9 Å². The van der Waals surface area contributed by atoms with Crippen LogP contribution in [0.5, 0.6) is 0 Å². The number of nitrogens with zero attached hydrogens (tertiary/aromatic N) is 1. The van der Waals surface area contributed by atoms with Crippen molar-refractivity contribution >= 4 is 33.3 Å². The van der Waals surface area contributed by atoms with Gasteiger partial charge in [-0.05, 0) is 36.8 Å². The SMILES string of the molecule is CCOC(=O)c1cc(COC)cn1S(=O)(=O)c1cc(Cl)ccc1N. The first-order valence-corrected chi connectivity index (χ1v) is 8.81. The molecule has 2 aromatic rings. The lowest BCUT2D eigenvalue weighted by atomic mass is 10.3. The monoisotopic (exact) mass is 372 g/mol. The zero-order valence-corrected chi connectivity index (χ0v) is 14.7. The Morgan fingerprint density at radius 1 is 1.33 bits per heavy atom. The molecule has 0 unspecified atom stereocenters. The lowest BCUT2D eigenvalue weighted by Gasteiger charge is -2.12. The van der Waals surface area contributed by atoms with Crippen LogP contribution in [-0.4, -0.2) is 32.1 Å². The second kappa shape index (κ2) is 7.25. The molecule has 0 aliphatic carbocycles. The molecule has 0 saturated heterocycles. The summed E-state index contributed by atoms with van der Waals surface area (Å²) in [6.07, 6.45) is 1.30. The van der Waals surface area contributed by atoms with Crippen molar-refractivity contribution in [1.29, 1.82) is 0 Å². The van der Waals surface area contributed by atoms with E-state index in [1.165, 1.54) is 37.6 Å². The molecule has 24 heavy (non-hydrogen) atoms. The second-order valence-electron chi connectivity index (χ2n) is 4.87. The van der Waals surface area contributed by atoms with Crippen LogP contribution in [0.2, 0.25) is 5.02 Å². The molecular formula is C15H17ClN2O5S. The number of carbonyl (C=O) groups excluding carboxylic acids is 1. The molecule has 0 fully saturated rings. The van der Waals surface area contributed by atoms with Crippen LogP contribution in [0.1, 0.15) is 23.0 Å². The van der Waals surface area contributed by atoms with E-state index in [1.54, 1.807) is 6.92 Å². The summed E-state index contributed by atoms with van der Waals surface area (Å²) >= 11 is 5.88. The number of anilines is 1. The van der Waals surface area contributed by atoms with Crippen molar-refractivity contribution in [2.45, 2.75) is 18.4 Å². The van der Waals surface area contributed by atoms with Crippen LogP contribution in [0, 0.1) is 0 Å². The normalized spacial score (nSPS) is 11.5. The highest BCUT2D eigenvalue weighted by molar-refractivity contribution is 7.90. The number of hydrogen-bond acceptors (Lipinski definition) is 6. The van der Waals surface area contributed by atoms with Crippen molar-refractivity contribution in [2.75, 3.05) is 19.5 Å². The summed E-state index contributed by atoms with van der Waals surface area (Å²) in [5.74, 6) is -0.760. The van der Waals surface area contributed by atoms with Crippen molar-refractivity contribution in [2.24, 2.45) is 0 Å². The Kier molecular flexibility index (Phi) is 5.53. The molecule has 1 heterocycles. The van der Waals surface area contributed by atoms with Gasteiger partial charge in [-0.15, -0.1) is 0 Å². The minimum atomic E-state index is -4.13. The lowest BCUT2D eigenvalue weighted by molar-refractivity contribution is 0.0518. The fourth-order valence-corrected chi connectivity index (χ4v) is 3.88. The number of aromatic nitrogens is 1. The number of rotatable bonds is 6. The molecule has 0 aliphatic heterocycles. The van der Waals surface area contributed by atoms with E-state index in [0.29, 0.717) is 5.56 Å². The molecule has 0 amide bonds. The molecule has 0 bridgehead atoms. The second-order valence-corrected chi connectivity index (χ2v) is 7.09.